The molecule has 1 heterocycles. The van der Waals surface area contributed by atoms with Gasteiger partial charge in [-0.2, -0.15) is 4.80 Å². The summed E-state index contributed by atoms with van der Waals surface area (Å²) in [4.78, 5) is 1.84. The Morgan fingerprint density at radius 2 is 1.88 bits per heavy atom. The Labute approximate surface area is 195 Å². The topological polar surface area (TPSA) is 63.8 Å². The standard InChI is InChI=1S/C27H46N4O/c1-5-13-27(32)15-12-21-20(16-27)9-10-23-22(21)11-14-26(4)24(7-6-8-25(23)26)18(2)17-31-29-19(3)28-30-31/h18,20-25,32H,5-17H2,1-4H3/t18-,20-,21-,22+,23+,24+,25-,26+,27+/m0/s1. The molecule has 0 amide bonds. The van der Waals surface area contributed by atoms with Crippen LogP contribution in [0.1, 0.15) is 104 Å². The highest BCUT2D eigenvalue weighted by Crippen LogP contribution is 2.64. The molecule has 0 saturated heterocycles. The van der Waals surface area contributed by atoms with Crippen LogP contribution in [-0.2, 0) is 6.54 Å². The monoisotopic (exact) mass is 442 g/mol. The Kier molecular flexibility index (Phi) is 6.18. The van der Waals surface area contributed by atoms with Crippen LogP contribution >= 0.6 is 0 Å². The van der Waals surface area contributed by atoms with E-state index >= 15 is 0 Å². The number of rotatable bonds is 5. The van der Waals surface area contributed by atoms with E-state index < -0.39 is 0 Å². The smallest absolute Gasteiger partial charge is 0.171 e. The van der Waals surface area contributed by atoms with Gasteiger partial charge in [0.15, 0.2) is 5.82 Å². The first-order valence-corrected chi connectivity index (χ1v) is 13.8. The van der Waals surface area contributed by atoms with E-state index in [9.17, 15) is 5.11 Å². The van der Waals surface area contributed by atoms with Crippen molar-refractivity contribution in [3.8, 4) is 0 Å². The van der Waals surface area contributed by atoms with Crippen molar-refractivity contribution in [2.24, 2.45) is 46.8 Å². The summed E-state index contributed by atoms with van der Waals surface area (Å²) < 4.78 is 0. The first-order valence-electron chi connectivity index (χ1n) is 13.8. The summed E-state index contributed by atoms with van der Waals surface area (Å²) in [7, 11) is 0. The fourth-order valence-electron chi connectivity index (χ4n) is 9.61. The number of aryl methyl sites for hydroxylation is 1. The fraction of sp³-hybridized carbons (Fsp3) is 0.963. The fourth-order valence-corrected chi connectivity index (χ4v) is 9.61. The molecular formula is C27H46N4O. The average molecular weight is 443 g/mol. The van der Waals surface area contributed by atoms with Crippen LogP contribution in [0.15, 0.2) is 0 Å². The first kappa shape index (κ1) is 22.8. The van der Waals surface area contributed by atoms with Gasteiger partial charge in [0.2, 0.25) is 0 Å². The molecule has 9 atom stereocenters. The van der Waals surface area contributed by atoms with Crippen molar-refractivity contribution >= 4 is 0 Å². The van der Waals surface area contributed by atoms with Crippen LogP contribution in [0.3, 0.4) is 0 Å². The zero-order chi connectivity index (χ0) is 22.5. The minimum absolute atomic E-state index is 0.356. The van der Waals surface area contributed by atoms with Gasteiger partial charge in [0.1, 0.15) is 0 Å². The maximum atomic E-state index is 11.1. The third-order valence-electron chi connectivity index (χ3n) is 10.8. The Hall–Kier alpha value is -0.970. The summed E-state index contributed by atoms with van der Waals surface area (Å²) in [6.45, 7) is 10.2. The molecule has 4 fully saturated rings. The third kappa shape index (κ3) is 3.95. The quantitative estimate of drug-likeness (QED) is 0.625. The van der Waals surface area contributed by atoms with E-state index in [1.807, 2.05) is 11.7 Å². The van der Waals surface area contributed by atoms with Crippen LogP contribution in [-0.4, -0.2) is 30.9 Å². The number of hydrogen-bond donors (Lipinski definition) is 1. The summed E-state index contributed by atoms with van der Waals surface area (Å²) in [6, 6.07) is 0. The van der Waals surface area contributed by atoms with Crippen molar-refractivity contribution in [1.82, 2.24) is 20.2 Å². The van der Waals surface area contributed by atoms with Crippen molar-refractivity contribution < 1.29 is 5.11 Å². The Morgan fingerprint density at radius 1 is 1.06 bits per heavy atom. The lowest BCUT2D eigenvalue weighted by molar-refractivity contribution is -0.138. The lowest BCUT2D eigenvalue weighted by Crippen LogP contribution is -2.55. The highest BCUT2D eigenvalue weighted by atomic mass is 16.3. The number of nitrogens with zero attached hydrogens (tertiary/aromatic N) is 4. The van der Waals surface area contributed by atoms with Gasteiger partial charge in [0, 0.05) is 0 Å². The van der Waals surface area contributed by atoms with Gasteiger partial charge in [-0.05, 0) is 123 Å². The van der Waals surface area contributed by atoms with E-state index in [2.05, 4.69) is 36.2 Å². The molecule has 4 aliphatic rings. The largest absolute Gasteiger partial charge is 0.390 e. The number of tetrazole rings is 1. The first-order chi connectivity index (χ1) is 15.3. The third-order valence-corrected chi connectivity index (χ3v) is 10.8. The van der Waals surface area contributed by atoms with Crippen molar-refractivity contribution in [2.45, 2.75) is 117 Å². The van der Waals surface area contributed by atoms with E-state index in [0.29, 0.717) is 11.3 Å². The molecule has 0 radical (unpaired) electrons. The predicted molar refractivity (Wildman–Crippen MR) is 127 cm³/mol. The minimum atomic E-state index is -0.356. The highest BCUT2D eigenvalue weighted by molar-refractivity contribution is 5.06. The molecule has 5 nitrogen and oxygen atoms in total. The molecule has 180 valence electrons. The van der Waals surface area contributed by atoms with Crippen LogP contribution in [0.2, 0.25) is 0 Å². The Morgan fingerprint density at radius 3 is 2.62 bits per heavy atom. The number of fused-ring (bicyclic) bond motifs is 5. The minimum Gasteiger partial charge on any atom is -0.390 e. The zero-order valence-electron chi connectivity index (χ0n) is 21.0. The van der Waals surface area contributed by atoms with Gasteiger partial charge < -0.3 is 5.11 Å². The van der Waals surface area contributed by atoms with E-state index in [1.54, 1.807) is 0 Å². The molecule has 1 N–H and O–H groups in total. The maximum absolute atomic E-state index is 11.1. The molecule has 1 aromatic rings. The maximum Gasteiger partial charge on any atom is 0.171 e. The summed E-state index contributed by atoms with van der Waals surface area (Å²) in [5.74, 6) is 6.56. The second kappa shape index (κ2) is 8.67. The van der Waals surface area contributed by atoms with E-state index in [0.717, 1.165) is 73.6 Å². The number of hydrogen-bond acceptors (Lipinski definition) is 4. The highest BCUT2D eigenvalue weighted by Gasteiger charge is 2.56. The average Bonchev–Trinajstić information content (AvgIpc) is 3.16. The second-order valence-electron chi connectivity index (χ2n) is 12.6. The summed E-state index contributed by atoms with van der Waals surface area (Å²) in [5.41, 5.74) is 0.115. The van der Waals surface area contributed by atoms with Crippen LogP contribution in [0, 0.1) is 53.8 Å². The van der Waals surface area contributed by atoms with Gasteiger partial charge in [-0.15, -0.1) is 10.2 Å². The molecule has 0 spiro atoms. The van der Waals surface area contributed by atoms with E-state index in [4.69, 9.17) is 0 Å². The van der Waals surface area contributed by atoms with Crippen LogP contribution < -0.4 is 0 Å². The Balaban J connectivity index is 1.30. The van der Waals surface area contributed by atoms with Crippen molar-refractivity contribution in [2.75, 3.05) is 0 Å². The second-order valence-corrected chi connectivity index (χ2v) is 12.6. The van der Waals surface area contributed by atoms with Crippen molar-refractivity contribution in [1.29, 1.82) is 0 Å². The van der Waals surface area contributed by atoms with E-state index in [1.165, 1.54) is 51.4 Å². The molecular weight excluding hydrogens is 396 g/mol. The van der Waals surface area contributed by atoms with Crippen molar-refractivity contribution in [3.63, 3.8) is 0 Å². The van der Waals surface area contributed by atoms with E-state index in [-0.39, 0.29) is 5.60 Å². The molecule has 4 saturated carbocycles. The lowest BCUT2D eigenvalue weighted by atomic mass is 9.44. The van der Waals surface area contributed by atoms with Gasteiger partial charge in [0.25, 0.3) is 0 Å². The lowest BCUT2D eigenvalue weighted by Gasteiger charge is -2.62. The van der Waals surface area contributed by atoms with Gasteiger partial charge in [-0.25, -0.2) is 0 Å². The van der Waals surface area contributed by atoms with Crippen LogP contribution in [0.5, 0.6) is 0 Å². The molecule has 0 unspecified atom stereocenters. The SMILES string of the molecule is CCC[C@@]1(O)CC[C@H]2[C@@H](CC[C@@H]3[C@@H]2CC[C@]2(C)[C@@H]([C@@H](C)Cn4nnc(C)n4)CCC[C@@H]32)C1. The Bertz CT molecular complexity index is 794. The molecule has 0 aromatic carbocycles. The molecule has 5 heteroatoms. The molecule has 32 heavy (non-hydrogen) atoms. The normalized spacial score (nSPS) is 44.9. The number of aliphatic hydroxyl groups is 1. The molecule has 0 aliphatic heterocycles. The molecule has 1 aromatic heterocycles. The number of aromatic nitrogens is 4. The van der Waals surface area contributed by atoms with Gasteiger partial charge >= 0.3 is 0 Å². The summed E-state index contributed by atoms with van der Waals surface area (Å²) in [6.07, 6.45) is 15.4. The van der Waals surface area contributed by atoms with Crippen LogP contribution in [0.4, 0.5) is 0 Å². The zero-order valence-corrected chi connectivity index (χ0v) is 21.0. The molecule has 4 aliphatic carbocycles. The van der Waals surface area contributed by atoms with Crippen LogP contribution in [0.25, 0.3) is 0 Å². The van der Waals surface area contributed by atoms with Crippen molar-refractivity contribution in [3.05, 3.63) is 5.82 Å². The molecule has 0 bridgehead atoms. The summed E-state index contributed by atoms with van der Waals surface area (Å²) in [5, 5.41) is 24.0. The van der Waals surface area contributed by atoms with Gasteiger partial charge in [-0.3, -0.25) is 0 Å². The molecule has 5 rings (SSSR count). The van der Waals surface area contributed by atoms with Gasteiger partial charge in [0.05, 0.1) is 12.1 Å². The summed E-state index contributed by atoms with van der Waals surface area (Å²) >= 11 is 0. The van der Waals surface area contributed by atoms with Gasteiger partial charge in [-0.1, -0.05) is 33.6 Å². The predicted octanol–water partition coefficient (Wildman–Crippen LogP) is 5.81.